The molecular weight excluding hydrogens is 228 g/mol. The van der Waals surface area contributed by atoms with Crippen molar-refractivity contribution in [2.45, 2.75) is 25.9 Å². The minimum absolute atomic E-state index is 0.00888. The molecule has 4 heteroatoms. The fourth-order valence-corrected chi connectivity index (χ4v) is 2.38. The normalized spacial score (nSPS) is 19.1. The SMILES string of the molecule is Cc1ccc(N(C)C2CCC(=O)N2CC=O)cc1. The van der Waals surface area contributed by atoms with E-state index < -0.39 is 0 Å². The first-order valence-corrected chi connectivity index (χ1v) is 6.16. The summed E-state index contributed by atoms with van der Waals surface area (Å²) in [4.78, 5) is 26.1. The Bertz CT molecular complexity index is 442. The first-order chi connectivity index (χ1) is 8.63. The second-order valence-corrected chi connectivity index (χ2v) is 4.68. The molecule has 1 fully saturated rings. The summed E-state index contributed by atoms with van der Waals surface area (Å²) in [5, 5.41) is 0. The van der Waals surface area contributed by atoms with Crippen molar-refractivity contribution in [2.75, 3.05) is 18.5 Å². The van der Waals surface area contributed by atoms with Gasteiger partial charge in [0.05, 0.1) is 6.54 Å². The molecule has 4 nitrogen and oxygen atoms in total. The zero-order chi connectivity index (χ0) is 13.1. The number of benzene rings is 1. The highest BCUT2D eigenvalue weighted by Gasteiger charge is 2.33. The fraction of sp³-hybridized carbons (Fsp3) is 0.429. The van der Waals surface area contributed by atoms with Gasteiger partial charge in [0, 0.05) is 19.2 Å². The minimum atomic E-state index is -0.00888. The quantitative estimate of drug-likeness (QED) is 0.757. The molecule has 1 atom stereocenters. The summed E-state index contributed by atoms with van der Waals surface area (Å²) in [6, 6.07) is 8.17. The van der Waals surface area contributed by atoms with Gasteiger partial charge in [-0.05, 0) is 25.5 Å². The van der Waals surface area contributed by atoms with Crippen LogP contribution in [0.2, 0.25) is 0 Å². The summed E-state index contributed by atoms with van der Waals surface area (Å²) in [6.45, 7) is 2.22. The van der Waals surface area contributed by atoms with Crippen LogP contribution in [0.15, 0.2) is 24.3 Å². The van der Waals surface area contributed by atoms with Crippen molar-refractivity contribution in [3.8, 4) is 0 Å². The van der Waals surface area contributed by atoms with Crippen molar-refractivity contribution in [1.82, 2.24) is 4.90 Å². The van der Waals surface area contributed by atoms with Crippen LogP contribution in [-0.4, -0.2) is 36.9 Å². The molecule has 1 aromatic rings. The van der Waals surface area contributed by atoms with Gasteiger partial charge in [0.25, 0.3) is 0 Å². The monoisotopic (exact) mass is 246 g/mol. The van der Waals surface area contributed by atoms with Crippen LogP contribution < -0.4 is 4.90 Å². The number of amides is 1. The Kier molecular flexibility index (Phi) is 3.65. The lowest BCUT2D eigenvalue weighted by Crippen LogP contribution is -2.45. The van der Waals surface area contributed by atoms with E-state index in [2.05, 4.69) is 4.90 Å². The molecule has 1 aliphatic heterocycles. The van der Waals surface area contributed by atoms with Gasteiger partial charge in [-0.3, -0.25) is 4.79 Å². The number of hydrogen-bond donors (Lipinski definition) is 0. The number of carbonyl (C=O) groups excluding carboxylic acids is 2. The van der Waals surface area contributed by atoms with Crippen LogP contribution in [-0.2, 0) is 9.59 Å². The lowest BCUT2D eigenvalue weighted by Gasteiger charge is -2.33. The molecular formula is C14H18N2O2. The third-order valence-corrected chi connectivity index (χ3v) is 3.46. The van der Waals surface area contributed by atoms with E-state index >= 15 is 0 Å². The topological polar surface area (TPSA) is 40.6 Å². The van der Waals surface area contributed by atoms with Crippen LogP contribution in [0, 0.1) is 6.92 Å². The van der Waals surface area contributed by atoms with Crippen molar-refractivity contribution >= 4 is 17.9 Å². The predicted molar refractivity (Wildman–Crippen MR) is 70.4 cm³/mol. The highest BCUT2D eigenvalue weighted by molar-refractivity contribution is 5.81. The summed E-state index contributed by atoms with van der Waals surface area (Å²) in [7, 11) is 1.96. The van der Waals surface area contributed by atoms with Crippen molar-refractivity contribution < 1.29 is 9.59 Å². The zero-order valence-corrected chi connectivity index (χ0v) is 10.8. The largest absolute Gasteiger partial charge is 0.354 e. The van der Waals surface area contributed by atoms with Crippen LogP contribution in [0.25, 0.3) is 0 Å². The second-order valence-electron chi connectivity index (χ2n) is 4.68. The summed E-state index contributed by atoms with van der Waals surface area (Å²) in [5.41, 5.74) is 2.27. The third-order valence-electron chi connectivity index (χ3n) is 3.46. The molecule has 0 aliphatic carbocycles. The predicted octanol–water partition coefficient (Wildman–Crippen LogP) is 1.58. The fourth-order valence-electron chi connectivity index (χ4n) is 2.38. The molecule has 0 saturated carbocycles. The molecule has 1 saturated heterocycles. The van der Waals surface area contributed by atoms with Gasteiger partial charge in [0.15, 0.2) is 0 Å². The van der Waals surface area contributed by atoms with Gasteiger partial charge in [-0.1, -0.05) is 17.7 Å². The molecule has 0 bridgehead atoms. The maximum absolute atomic E-state index is 11.7. The average molecular weight is 246 g/mol. The second kappa shape index (κ2) is 5.21. The molecule has 0 radical (unpaired) electrons. The average Bonchev–Trinajstić information content (AvgIpc) is 2.72. The highest BCUT2D eigenvalue weighted by atomic mass is 16.2. The summed E-state index contributed by atoms with van der Waals surface area (Å²) >= 11 is 0. The van der Waals surface area contributed by atoms with Crippen LogP contribution in [0.1, 0.15) is 18.4 Å². The minimum Gasteiger partial charge on any atom is -0.354 e. The van der Waals surface area contributed by atoms with Crippen LogP contribution in [0.3, 0.4) is 0 Å². The van der Waals surface area contributed by atoms with E-state index in [0.29, 0.717) is 6.42 Å². The number of rotatable bonds is 4. The number of aldehydes is 1. The molecule has 1 aliphatic rings. The van der Waals surface area contributed by atoms with E-state index in [1.807, 2.05) is 38.2 Å². The van der Waals surface area contributed by atoms with Crippen LogP contribution in [0.5, 0.6) is 0 Å². The van der Waals surface area contributed by atoms with Crippen molar-refractivity contribution in [3.63, 3.8) is 0 Å². The Morgan fingerprint density at radius 1 is 1.39 bits per heavy atom. The van der Waals surface area contributed by atoms with Gasteiger partial charge >= 0.3 is 0 Å². The molecule has 1 aromatic carbocycles. The Hall–Kier alpha value is -1.84. The smallest absolute Gasteiger partial charge is 0.224 e. The lowest BCUT2D eigenvalue weighted by molar-refractivity contribution is -0.131. The van der Waals surface area contributed by atoms with Crippen LogP contribution >= 0.6 is 0 Å². The lowest BCUT2D eigenvalue weighted by atomic mass is 10.2. The number of nitrogens with zero attached hydrogens (tertiary/aromatic N) is 2. The zero-order valence-electron chi connectivity index (χ0n) is 10.8. The Morgan fingerprint density at radius 3 is 2.67 bits per heavy atom. The van der Waals surface area contributed by atoms with Gasteiger partial charge in [0.2, 0.25) is 5.91 Å². The van der Waals surface area contributed by atoms with Gasteiger partial charge in [0.1, 0.15) is 12.5 Å². The van der Waals surface area contributed by atoms with Crippen molar-refractivity contribution in [3.05, 3.63) is 29.8 Å². The maximum Gasteiger partial charge on any atom is 0.224 e. The molecule has 0 aromatic heterocycles. The van der Waals surface area contributed by atoms with E-state index in [1.54, 1.807) is 4.90 Å². The summed E-state index contributed by atoms with van der Waals surface area (Å²) < 4.78 is 0. The number of aryl methyl sites for hydroxylation is 1. The molecule has 1 heterocycles. The first-order valence-electron chi connectivity index (χ1n) is 6.16. The van der Waals surface area contributed by atoms with E-state index in [0.717, 1.165) is 18.4 Å². The van der Waals surface area contributed by atoms with Gasteiger partial charge in [-0.2, -0.15) is 0 Å². The number of carbonyl (C=O) groups is 2. The Balaban J connectivity index is 2.17. The van der Waals surface area contributed by atoms with E-state index in [4.69, 9.17) is 0 Å². The number of anilines is 1. The maximum atomic E-state index is 11.7. The van der Waals surface area contributed by atoms with E-state index in [-0.39, 0.29) is 18.6 Å². The molecule has 0 spiro atoms. The molecule has 2 rings (SSSR count). The molecule has 0 N–H and O–H groups in total. The Morgan fingerprint density at radius 2 is 2.06 bits per heavy atom. The first kappa shape index (κ1) is 12.6. The highest BCUT2D eigenvalue weighted by Crippen LogP contribution is 2.25. The summed E-state index contributed by atoms with van der Waals surface area (Å²) in [6.07, 6.45) is 2.08. The molecule has 1 unspecified atom stereocenters. The third kappa shape index (κ3) is 2.37. The van der Waals surface area contributed by atoms with Crippen molar-refractivity contribution in [2.24, 2.45) is 0 Å². The number of hydrogen-bond acceptors (Lipinski definition) is 3. The van der Waals surface area contributed by atoms with Gasteiger partial charge in [-0.25, -0.2) is 0 Å². The molecule has 96 valence electrons. The summed E-state index contributed by atoms with van der Waals surface area (Å²) in [5.74, 6) is 0.0612. The van der Waals surface area contributed by atoms with Gasteiger partial charge < -0.3 is 14.6 Å². The standard InChI is InChI=1S/C14H18N2O2/c1-11-3-5-12(6-4-11)15(2)13-7-8-14(18)16(13)9-10-17/h3-6,10,13H,7-9H2,1-2H3. The van der Waals surface area contributed by atoms with Gasteiger partial charge in [-0.15, -0.1) is 0 Å². The van der Waals surface area contributed by atoms with E-state index in [1.165, 1.54) is 5.56 Å². The molecule has 1 amide bonds. The van der Waals surface area contributed by atoms with Crippen LogP contribution in [0.4, 0.5) is 5.69 Å². The Labute approximate surface area is 107 Å². The van der Waals surface area contributed by atoms with Crippen molar-refractivity contribution in [1.29, 1.82) is 0 Å². The number of likely N-dealkylation sites (tertiary alicyclic amines) is 1. The van der Waals surface area contributed by atoms with E-state index in [9.17, 15) is 9.59 Å². The molecule has 18 heavy (non-hydrogen) atoms.